The molecule has 1 amide bonds. The van der Waals surface area contributed by atoms with Crippen molar-refractivity contribution in [1.82, 2.24) is 4.90 Å². The Hall–Kier alpha value is -0.716. The molecule has 1 aromatic carbocycles. The Morgan fingerprint density at radius 3 is 2.04 bits per heavy atom. The van der Waals surface area contributed by atoms with Crippen molar-refractivity contribution in [1.29, 1.82) is 5.26 Å². The monoisotopic (exact) mass is 409 g/mol. The summed E-state index contributed by atoms with van der Waals surface area (Å²) < 4.78 is 0. The van der Waals surface area contributed by atoms with E-state index < -0.39 is 0 Å². The minimum absolute atomic E-state index is 0. The molecular weight excluding hydrogens is 373 g/mol. The van der Waals surface area contributed by atoms with Gasteiger partial charge in [-0.3, -0.25) is 4.79 Å². The topological polar surface area (TPSA) is 44.1 Å². The maximum absolute atomic E-state index is 10.9. The first kappa shape index (κ1) is 31.1. The Balaban J connectivity index is -0.000000145. The van der Waals surface area contributed by atoms with Crippen LogP contribution in [0.25, 0.3) is 0 Å². The first-order chi connectivity index (χ1) is 9.45. The van der Waals surface area contributed by atoms with E-state index in [1.165, 1.54) is 5.56 Å². The van der Waals surface area contributed by atoms with Gasteiger partial charge in [0.25, 0.3) is 0 Å². The van der Waals surface area contributed by atoms with Crippen LogP contribution in [0, 0.1) is 11.3 Å². The fraction of sp³-hybridized carbons (Fsp3) is 0.600. The van der Waals surface area contributed by atoms with Gasteiger partial charge in [0.1, 0.15) is 0 Å². The van der Waals surface area contributed by atoms with Crippen LogP contribution in [-0.2, 0) is 37.5 Å². The zero-order chi connectivity index (χ0) is 15.1. The first-order valence-electron chi connectivity index (χ1n) is 7.25. The van der Waals surface area contributed by atoms with Gasteiger partial charge in [0.15, 0.2) is 0 Å². The summed E-state index contributed by atoms with van der Waals surface area (Å²) in [5.41, 5.74) is 1.97. The van der Waals surface area contributed by atoms with Gasteiger partial charge in [0.2, 0.25) is 5.91 Å². The van der Waals surface area contributed by atoms with Crippen LogP contribution in [0.3, 0.4) is 0 Å². The SMILES string of the molecule is C.C.C.CC(C)N1CCCC1=O.CC(C)c1cccc(C#N)c1.[Y]. The molecule has 24 heavy (non-hydrogen) atoms. The molecule has 1 aliphatic rings. The van der Waals surface area contributed by atoms with E-state index in [0.717, 1.165) is 24.9 Å². The number of nitriles is 1. The number of hydrogen-bond donors (Lipinski definition) is 0. The molecule has 1 fully saturated rings. The number of nitrogens with zero attached hydrogens (tertiary/aromatic N) is 2. The molecule has 1 saturated heterocycles. The molecule has 2 rings (SSSR count). The number of carbonyl (C=O) groups is 1. The molecular formula is C20H36N2OY. The number of amides is 1. The Morgan fingerprint density at radius 2 is 1.71 bits per heavy atom. The van der Waals surface area contributed by atoms with Gasteiger partial charge in [-0.05, 0) is 43.9 Å². The van der Waals surface area contributed by atoms with Gasteiger partial charge in [0, 0.05) is 51.7 Å². The normalized spacial score (nSPS) is 11.9. The van der Waals surface area contributed by atoms with Crippen LogP contribution in [0.4, 0.5) is 0 Å². The maximum atomic E-state index is 10.9. The van der Waals surface area contributed by atoms with E-state index in [-0.39, 0.29) is 55.0 Å². The Labute approximate surface area is 175 Å². The van der Waals surface area contributed by atoms with Crippen molar-refractivity contribution in [2.75, 3.05) is 6.54 Å². The molecule has 0 unspecified atom stereocenters. The molecule has 0 saturated carbocycles. The van der Waals surface area contributed by atoms with Crippen molar-refractivity contribution in [3.63, 3.8) is 0 Å². The second-order valence-electron chi connectivity index (χ2n) is 5.68. The number of rotatable bonds is 2. The molecule has 1 aliphatic heterocycles. The molecule has 0 aliphatic carbocycles. The number of benzene rings is 1. The third-order valence-corrected chi connectivity index (χ3v) is 3.42. The van der Waals surface area contributed by atoms with Crippen molar-refractivity contribution in [3.05, 3.63) is 35.4 Å². The van der Waals surface area contributed by atoms with Gasteiger partial charge in [-0.15, -0.1) is 0 Å². The Kier molecular flexibility index (Phi) is 20.5. The van der Waals surface area contributed by atoms with E-state index in [9.17, 15) is 4.79 Å². The fourth-order valence-corrected chi connectivity index (χ4v) is 2.18. The minimum atomic E-state index is 0. The van der Waals surface area contributed by atoms with Gasteiger partial charge in [-0.2, -0.15) is 5.26 Å². The van der Waals surface area contributed by atoms with E-state index in [0.29, 0.717) is 17.9 Å². The van der Waals surface area contributed by atoms with Crippen molar-refractivity contribution in [3.8, 4) is 6.07 Å². The summed E-state index contributed by atoms with van der Waals surface area (Å²) >= 11 is 0. The third-order valence-electron chi connectivity index (χ3n) is 3.42. The quantitative estimate of drug-likeness (QED) is 0.638. The fourth-order valence-electron chi connectivity index (χ4n) is 2.18. The van der Waals surface area contributed by atoms with Crippen molar-refractivity contribution >= 4 is 5.91 Å². The molecule has 0 aromatic heterocycles. The molecule has 4 heteroatoms. The standard InChI is InChI=1S/C10H11N.C7H13NO.3CH4.Y/c1-8(2)10-5-3-4-9(6-10)7-11;1-6(2)8-5-3-4-7(8)9;;;;/h3-6,8H,1-2H3;6H,3-5H2,1-2H3;3*1H4;. The van der Waals surface area contributed by atoms with Gasteiger partial charge >= 0.3 is 0 Å². The van der Waals surface area contributed by atoms with Gasteiger partial charge in [-0.1, -0.05) is 48.3 Å². The van der Waals surface area contributed by atoms with E-state index >= 15 is 0 Å². The summed E-state index contributed by atoms with van der Waals surface area (Å²) in [5.74, 6) is 0.827. The predicted molar refractivity (Wildman–Crippen MR) is 102 cm³/mol. The largest absolute Gasteiger partial charge is 0.340 e. The molecule has 1 radical (unpaired) electrons. The van der Waals surface area contributed by atoms with Gasteiger partial charge in [-0.25, -0.2) is 0 Å². The van der Waals surface area contributed by atoms with Crippen LogP contribution in [0.15, 0.2) is 24.3 Å². The van der Waals surface area contributed by atoms with E-state index in [2.05, 4.69) is 33.8 Å². The van der Waals surface area contributed by atoms with Crippen LogP contribution in [-0.4, -0.2) is 23.4 Å². The van der Waals surface area contributed by atoms with E-state index in [1.807, 2.05) is 29.2 Å². The Bertz CT molecular complexity index is 493. The van der Waals surface area contributed by atoms with Crippen LogP contribution in [0.2, 0.25) is 0 Å². The van der Waals surface area contributed by atoms with E-state index in [1.54, 1.807) is 0 Å². The minimum Gasteiger partial charge on any atom is -0.340 e. The molecule has 0 N–H and O–H groups in total. The third kappa shape index (κ3) is 10.2. The summed E-state index contributed by atoms with van der Waals surface area (Å²) in [6, 6.07) is 10.3. The zero-order valence-corrected chi connectivity index (χ0v) is 16.3. The van der Waals surface area contributed by atoms with Crippen LogP contribution >= 0.6 is 0 Å². The molecule has 0 bridgehead atoms. The molecule has 135 valence electrons. The molecule has 0 atom stereocenters. The summed E-state index contributed by atoms with van der Waals surface area (Å²) in [6.07, 6.45) is 1.81. The molecule has 0 spiro atoms. The number of likely N-dealkylation sites (tertiary alicyclic amines) is 1. The average molecular weight is 409 g/mol. The van der Waals surface area contributed by atoms with E-state index in [4.69, 9.17) is 5.26 Å². The van der Waals surface area contributed by atoms with Gasteiger partial charge < -0.3 is 4.90 Å². The number of hydrogen-bond acceptors (Lipinski definition) is 2. The molecule has 3 nitrogen and oxygen atoms in total. The molecule has 1 aromatic rings. The van der Waals surface area contributed by atoms with Crippen molar-refractivity contribution in [2.45, 2.75) is 74.8 Å². The number of carbonyl (C=O) groups excluding carboxylic acids is 1. The summed E-state index contributed by atoms with van der Waals surface area (Å²) in [5, 5.41) is 8.59. The second kappa shape index (κ2) is 15.8. The van der Waals surface area contributed by atoms with Crippen LogP contribution in [0.5, 0.6) is 0 Å². The Morgan fingerprint density at radius 1 is 1.12 bits per heavy atom. The van der Waals surface area contributed by atoms with Crippen molar-refractivity contribution < 1.29 is 37.5 Å². The average Bonchev–Trinajstić information content (AvgIpc) is 2.86. The summed E-state index contributed by atoms with van der Waals surface area (Å²) in [6.45, 7) is 9.33. The maximum Gasteiger partial charge on any atom is 0.222 e. The van der Waals surface area contributed by atoms with Crippen LogP contribution in [0.1, 0.15) is 79.9 Å². The van der Waals surface area contributed by atoms with Gasteiger partial charge in [0.05, 0.1) is 11.6 Å². The van der Waals surface area contributed by atoms with Crippen molar-refractivity contribution in [2.24, 2.45) is 0 Å². The van der Waals surface area contributed by atoms with Crippen LogP contribution < -0.4 is 0 Å². The smallest absolute Gasteiger partial charge is 0.222 e. The second-order valence-corrected chi connectivity index (χ2v) is 5.68. The first-order valence-corrected chi connectivity index (χ1v) is 7.25. The zero-order valence-electron chi connectivity index (χ0n) is 13.5. The predicted octanol–water partition coefficient (Wildman–Crippen LogP) is 5.60. The molecule has 1 heterocycles. The summed E-state index contributed by atoms with van der Waals surface area (Å²) in [7, 11) is 0. The summed E-state index contributed by atoms with van der Waals surface area (Å²) in [4.78, 5) is 12.9.